The van der Waals surface area contributed by atoms with Gasteiger partial charge in [0.1, 0.15) is 0 Å². The number of aromatic nitrogens is 1. The predicted octanol–water partition coefficient (Wildman–Crippen LogP) is 5.45. The van der Waals surface area contributed by atoms with E-state index < -0.39 is 18.9 Å². The van der Waals surface area contributed by atoms with Crippen molar-refractivity contribution in [3.05, 3.63) is 58.0 Å². The zero-order chi connectivity index (χ0) is 24.0. The summed E-state index contributed by atoms with van der Waals surface area (Å²) >= 11 is 7.68. The molecular formula is C23H24ClN3O5S. The third-order valence-electron chi connectivity index (χ3n) is 4.39. The van der Waals surface area contributed by atoms with E-state index in [9.17, 15) is 9.59 Å². The van der Waals surface area contributed by atoms with Crippen molar-refractivity contribution in [1.29, 1.82) is 0 Å². The van der Waals surface area contributed by atoms with Crippen LogP contribution in [0, 0.1) is 5.92 Å². The first-order valence-corrected chi connectivity index (χ1v) is 11.4. The Hall–Kier alpha value is -3.17. The zero-order valence-electron chi connectivity index (χ0n) is 18.6. The van der Waals surface area contributed by atoms with Crippen molar-refractivity contribution >= 4 is 46.4 Å². The van der Waals surface area contributed by atoms with E-state index in [0.717, 1.165) is 11.3 Å². The number of nitrogens with zero attached hydrogens (tertiary/aromatic N) is 3. The molecule has 1 aliphatic rings. The van der Waals surface area contributed by atoms with Gasteiger partial charge in [0.05, 0.1) is 23.6 Å². The molecule has 33 heavy (non-hydrogen) atoms. The Morgan fingerprint density at radius 2 is 2.03 bits per heavy atom. The normalized spacial score (nSPS) is 15.4. The molecule has 0 saturated heterocycles. The molecule has 1 heterocycles. The molecule has 10 heteroatoms. The number of ether oxygens (including phenoxy) is 3. The van der Waals surface area contributed by atoms with Crippen LogP contribution in [0.15, 0.2) is 58.0 Å². The number of hydrogen-bond donors (Lipinski definition) is 0. The fourth-order valence-electron chi connectivity index (χ4n) is 2.92. The number of allylic oxidation sites excluding steroid dienone is 2. The molecule has 174 valence electrons. The molecule has 3 rings (SSSR count). The summed E-state index contributed by atoms with van der Waals surface area (Å²) in [5.74, 6) is -0.592. The molecule has 0 fully saturated rings. The molecule has 8 nitrogen and oxygen atoms in total. The maximum Gasteiger partial charge on any atom is 0.511 e. The molecule has 0 bridgehead atoms. The second kappa shape index (κ2) is 11.1. The van der Waals surface area contributed by atoms with Gasteiger partial charge in [0.15, 0.2) is 0 Å². The average molecular weight is 490 g/mol. The van der Waals surface area contributed by atoms with Crippen LogP contribution in [0.2, 0.25) is 5.02 Å². The van der Waals surface area contributed by atoms with E-state index in [-0.39, 0.29) is 12.0 Å². The number of hydrazone groups is 1. The van der Waals surface area contributed by atoms with Crippen molar-refractivity contribution in [2.45, 2.75) is 26.9 Å². The highest BCUT2D eigenvalue weighted by molar-refractivity contribution is 7.14. The van der Waals surface area contributed by atoms with Gasteiger partial charge in [0.25, 0.3) is 0 Å². The van der Waals surface area contributed by atoms with Crippen molar-refractivity contribution in [3.8, 4) is 11.3 Å². The van der Waals surface area contributed by atoms with E-state index in [2.05, 4.69) is 10.1 Å². The Morgan fingerprint density at radius 3 is 2.76 bits per heavy atom. The molecule has 0 amide bonds. The Morgan fingerprint density at radius 1 is 1.27 bits per heavy atom. The number of carbonyl (C=O) groups is 2. The van der Waals surface area contributed by atoms with Crippen LogP contribution >= 0.6 is 22.9 Å². The Labute approximate surface area is 201 Å². The molecule has 1 aliphatic carbocycles. The largest absolute Gasteiger partial charge is 0.511 e. The summed E-state index contributed by atoms with van der Waals surface area (Å²) < 4.78 is 14.6. The summed E-state index contributed by atoms with van der Waals surface area (Å²) in [6.45, 7) is 4.78. The van der Waals surface area contributed by atoms with E-state index in [1.165, 1.54) is 11.3 Å². The van der Waals surface area contributed by atoms with E-state index in [1.807, 2.05) is 42.6 Å². The highest BCUT2D eigenvalue weighted by Crippen LogP contribution is 2.31. The third-order valence-corrected chi connectivity index (χ3v) is 5.63. The van der Waals surface area contributed by atoms with Gasteiger partial charge in [-0.3, -0.25) is 0 Å². The summed E-state index contributed by atoms with van der Waals surface area (Å²) in [5, 5.41) is 9.23. The van der Waals surface area contributed by atoms with Gasteiger partial charge in [-0.2, -0.15) is 5.10 Å². The lowest BCUT2D eigenvalue weighted by Crippen LogP contribution is -2.18. The van der Waals surface area contributed by atoms with Crippen molar-refractivity contribution in [1.82, 2.24) is 4.98 Å². The number of hydrogen-bond acceptors (Lipinski definition) is 9. The Kier molecular flexibility index (Phi) is 8.24. The topological polar surface area (TPSA) is 90.3 Å². The van der Waals surface area contributed by atoms with Gasteiger partial charge < -0.3 is 14.2 Å². The number of esters is 1. The predicted molar refractivity (Wildman–Crippen MR) is 128 cm³/mol. The van der Waals surface area contributed by atoms with E-state index in [1.54, 1.807) is 38.2 Å². The molecule has 1 atom stereocenters. The van der Waals surface area contributed by atoms with Gasteiger partial charge in [-0.05, 0) is 25.8 Å². The fourth-order valence-corrected chi connectivity index (χ4v) is 3.90. The molecule has 1 aromatic heterocycles. The molecule has 0 N–H and O–H groups in total. The second-order valence-corrected chi connectivity index (χ2v) is 8.68. The average Bonchev–Trinajstić information content (AvgIpc) is 3.38. The smallest absolute Gasteiger partial charge is 0.431 e. The SMILES string of the molecule is CC1C=C(/C=N/N(C)c2nc(-c3ccccc3Cl)cs2)C(C(=O)OCOC(=O)OC(C)C)=C1. The number of halogens is 1. The van der Waals surface area contributed by atoms with Crippen LogP contribution in [0.4, 0.5) is 9.93 Å². The lowest BCUT2D eigenvalue weighted by molar-refractivity contribution is -0.148. The molecule has 0 saturated carbocycles. The molecule has 0 radical (unpaired) electrons. The summed E-state index contributed by atoms with van der Waals surface area (Å²) in [6.07, 6.45) is 3.99. The lowest BCUT2D eigenvalue weighted by atomic mass is 10.1. The molecule has 1 aromatic carbocycles. The highest BCUT2D eigenvalue weighted by Gasteiger charge is 2.22. The summed E-state index contributed by atoms with van der Waals surface area (Å²) in [7, 11) is 1.76. The number of rotatable bonds is 8. The van der Waals surface area contributed by atoms with Crippen molar-refractivity contribution < 1.29 is 23.8 Å². The quantitative estimate of drug-likeness (QED) is 0.211. The van der Waals surface area contributed by atoms with Crippen LogP contribution in [-0.2, 0) is 19.0 Å². The minimum absolute atomic E-state index is 0.0258. The summed E-state index contributed by atoms with van der Waals surface area (Å²) in [5.41, 5.74) is 2.55. The van der Waals surface area contributed by atoms with Gasteiger partial charge >= 0.3 is 12.1 Å². The van der Waals surface area contributed by atoms with Gasteiger partial charge in [0, 0.05) is 28.6 Å². The van der Waals surface area contributed by atoms with Gasteiger partial charge in [-0.25, -0.2) is 19.6 Å². The number of anilines is 1. The first kappa shape index (κ1) is 24.5. The second-order valence-electron chi connectivity index (χ2n) is 7.44. The van der Waals surface area contributed by atoms with Crippen LogP contribution in [0.1, 0.15) is 20.8 Å². The first-order valence-electron chi connectivity index (χ1n) is 10.2. The monoisotopic (exact) mass is 489 g/mol. The van der Waals surface area contributed by atoms with Crippen LogP contribution in [0.3, 0.4) is 0 Å². The van der Waals surface area contributed by atoms with Gasteiger partial charge in [-0.15, -0.1) is 11.3 Å². The van der Waals surface area contributed by atoms with Crippen molar-refractivity contribution in [2.75, 3.05) is 18.8 Å². The Bertz CT molecular complexity index is 1110. The Balaban J connectivity index is 1.61. The van der Waals surface area contributed by atoms with Gasteiger partial charge in [-0.1, -0.05) is 48.9 Å². The first-order chi connectivity index (χ1) is 15.7. The van der Waals surface area contributed by atoms with Crippen LogP contribution in [0.5, 0.6) is 0 Å². The standard InChI is InChI=1S/C23H24ClN3O5S/c1-14(2)32-23(29)31-13-30-21(28)18-10-15(3)9-16(18)11-25-27(4)22-26-20(12-33-22)17-7-5-6-8-19(17)24/h5-12,14-15H,13H2,1-4H3/b25-11+. The molecule has 2 aromatic rings. The summed E-state index contributed by atoms with van der Waals surface area (Å²) in [4.78, 5) is 28.4. The van der Waals surface area contributed by atoms with Gasteiger partial charge in [0.2, 0.25) is 11.9 Å². The van der Waals surface area contributed by atoms with E-state index in [0.29, 0.717) is 21.3 Å². The van der Waals surface area contributed by atoms with Crippen LogP contribution in [-0.4, -0.2) is 43.3 Å². The van der Waals surface area contributed by atoms with E-state index >= 15 is 0 Å². The molecule has 0 spiro atoms. The minimum atomic E-state index is -0.898. The van der Waals surface area contributed by atoms with Crippen LogP contribution in [0.25, 0.3) is 11.3 Å². The zero-order valence-corrected chi connectivity index (χ0v) is 20.2. The fraction of sp³-hybridized carbons (Fsp3) is 0.304. The maximum absolute atomic E-state index is 12.5. The van der Waals surface area contributed by atoms with Crippen molar-refractivity contribution in [3.63, 3.8) is 0 Å². The van der Waals surface area contributed by atoms with Crippen LogP contribution < -0.4 is 5.01 Å². The molecule has 0 aliphatic heterocycles. The van der Waals surface area contributed by atoms with Crippen molar-refractivity contribution in [2.24, 2.45) is 11.0 Å². The number of thiazole rings is 1. The number of carbonyl (C=O) groups excluding carboxylic acids is 2. The minimum Gasteiger partial charge on any atom is -0.431 e. The molecule has 1 unspecified atom stereocenters. The molecular weight excluding hydrogens is 466 g/mol. The maximum atomic E-state index is 12.5. The number of benzene rings is 1. The lowest BCUT2D eigenvalue weighted by Gasteiger charge is -2.10. The third kappa shape index (κ3) is 6.66. The van der Waals surface area contributed by atoms with E-state index in [4.69, 9.17) is 25.8 Å². The highest BCUT2D eigenvalue weighted by atomic mass is 35.5. The summed E-state index contributed by atoms with van der Waals surface area (Å²) in [6, 6.07) is 7.49.